The van der Waals surface area contributed by atoms with Crippen LogP contribution in [0.25, 0.3) is 0 Å². The van der Waals surface area contributed by atoms with Crippen molar-refractivity contribution in [3.8, 4) is 0 Å². The van der Waals surface area contributed by atoms with Crippen LogP contribution >= 0.6 is 0 Å². The Morgan fingerprint density at radius 2 is 1.91 bits per heavy atom. The molecule has 1 heterocycles. The van der Waals surface area contributed by atoms with Crippen LogP contribution in [0.5, 0.6) is 0 Å². The van der Waals surface area contributed by atoms with E-state index in [1.807, 2.05) is 0 Å². The number of rotatable bonds is 12. The molecule has 6 nitrogen and oxygen atoms in total. The summed E-state index contributed by atoms with van der Waals surface area (Å²) in [5, 5.41) is 0. The first-order chi connectivity index (χ1) is 11.1. The summed E-state index contributed by atoms with van der Waals surface area (Å²) in [6, 6.07) is 0. The molecule has 0 aromatic heterocycles. The van der Waals surface area contributed by atoms with E-state index < -0.39 is 5.60 Å². The van der Waals surface area contributed by atoms with E-state index in [0.717, 1.165) is 32.3 Å². The van der Waals surface area contributed by atoms with Crippen molar-refractivity contribution >= 4 is 5.97 Å². The quantitative estimate of drug-likeness (QED) is 0.404. The molecule has 136 valence electrons. The lowest BCUT2D eigenvalue weighted by atomic mass is 10.1. The normalized spacial score (nSPS) is 18.8. The fourth-order valence-corrected chi connectivity index (χ4v) is 2.19. The third-order valence-corrected chi connectivity index (χ3v) is 3.58. The molecule has 1 aliphatic rings. The van der Waals surface area contributed by atoms with Gasteiger partial charge in [-0.25, -0.2) is 4.79 Å². The fraction of sp³-hybridized carbons (Fsp3) is 0.941. The summed E-state index contributed by atoms with van der Waals surface area (Å²) < 4.78 is 27.1. The predicted octanol–water partition coefficient (Wildman–Crippen LogP) is 2.68. The van der Waals surface area contributed by atoms with Crippen molar-refractivity contribution in [2.45, 2.75) is 64.8 Å². The van der Waals surface area contributed by atoms with E-state index in [1.165, 1.54) is 6.42 Å². The lowest BCUT2D eigenvalue weighted by molar-refractivity contribution is -0.169. The van der Waals surface area contributed by atoms with Gasteiger partial charge in [-0.3, -0.25) is 0 Å². The van der Waals surface area contributed by atoms with Crippen molar-refractivity contribution in [1.82, 2.24) is 0 Å². The van der Waals surface area contributed by atoms with E-state index in [2.05, 4.69) is 0 Å². The zero-order valence-electron chi connectivity index (χ0n) is 14.8. The summed E-state index contributed by atoms with van der Waals surface area (Å²) >= 11 is 0. The number of hydrogen-bond acceptors (Lipinski definition) is 6. The molecular weight excluding hydrogens is 300 g/mol. The minimum atomic E-state index is -0.923. The average Bonchev–Trinajstić information content (AvgIpc) is 2.54. The summed E-state index contributed by atoms with van der Waals surface area (Å²) in [4.78, 5) is 11.6. The van der Waals surface area contributed by atoms with Crippen molar-refractivity contribution in [3.05, 3.63) is 0 Å². The number of carbonyl (C=O) groups excluding carboxylic acids is 1. The molecular formula is C17H32O6. The Balaban J connectivity index is 1.90. The van der Waals surface area contributed by atoms with Crippen LogP contribution in [0.1, 0.15) is 52.9 Å². The van der Waals surface area contributed by atoms with E-state index in [0.29, 0.717) is 33.0 Å². The molecule has 0 radical (unpaired) electrons. The molecule has 1 atom stereocenters. The van der Waals surface area contributed by atoms with Gasteiger partial charge in [0.2, 0.25) is 0 Å². The summed E-state index contributed by atoms with van der Waals surface area (Å²) in [6.45, 7) is 8.57. The van der Waals surface area contributed by atoms with Crippen LogP contribution in [0, 0.1) is 0 Å². The van der Waals surface area contributed by atoms with E-state index in [1.54, 1.807) is 20.8 Å². The summed E-state index contributed by atoms with van der Waals surface area (Å²) in [5.41, 5.74) is -0.923. The van der Waals surface area contributed by atoms with Crippen LogP contribution in [0.15, 0.2) is 0 Å². The first-order valence-electron chi connectivity index (χ1n) is 8.68. The smallest absolute Gasteiger partial charge is 0.337 e. The van der Waals surface area contributed by atoms with Gasteiger partial charge in [-0.1, -0.05) is 0 Å². The van der Waals surface area contributed by atoms with Crippen molar-refractivity contribution in [1.29, 1.82) is 0 Å². The number of carbonyl (C=O) groups is 1. The van der Waals surface area contributed by atoms with E-state index >= 15 is 0 Å². The number of esters is 1. The second-order valence-corrected chi connectivity index (χ2v) is 6.07. The van der Waals surface area contributed by atoms with Gasteiger partial charge < -0.3 is 23.7 Å². The standard InChI is InChI=1S/C17H32O6/c1-4-20-16(18)17(2,3)23-14-13-19-10-7-8-12-22-15-9-5-6-11-21-15/h15H,4-14H2,1-3H3. The topological polar surface area (TPSA) is 63.2 Å². The molecule has 0 aliphatic carbocycles. The largest absolute Gasteiger partial charge is 0.464 e. The van der Waals surface area contributed by atoms with Crippen molar-refractivity contribution in [3.63, 3.8) is 0 Å². The zero-order chi connectivity index (χ0) is 17.0. The Morgan fingerprint density at radius 1 is 1.13 bits per heavy atom. The van der Waals surface area contributed by atoms with Crippen molar-refractivity contribution in [2.75, 3.05) is 39.6 Å². The maximum atomic E-state index is 11.6. The molecule has 1 rings (SSSR count). The Labute approximate surface area is 139 Å². The monoisotopic (exact) mass is 332 g/mol. The van der Waals surface area contributed by atoms with Crippen LogP contribution < -0.4 is 0 Å². The van der Waals surface area contributed by atoms with Gasteiger partial charge in [0.15, 0.2) is 11.9 Å². The van der Waals surface area contributed by atoms with Gasteiger partial charge in [0.05, 0.1) is 19.8 Å². The molecule has 0 saturated carbocycles. The predicted molar refractivity (Wildman–Crippen MR) is 86.3 cm³/mol. The molecule has 0 amide bonds. The van der Waals surface area contributed by atoms with E-state index in [9.17, 15) is 4.79 Å². The lowest BCUT2D eigenvalue weighted by Crippen LogP contribution is -2.37. The molecule has 1 saturated heterocycles. The van der Waals surface area contributed by atoms with E-state index in [4.69, 9.17) is 23.7 Å². The molecule has 23 heavy (non-hydrogen) atoms. The van der Waals surface area contributed by atoms with Gasteiger partial charge in [0, 0.05) is 19.8 Å². The van der Waals surface area contributed by atoms with Gasteiger partial charge in [-0.05, 0) is 52.9 Å². The minimum Gasteiger partial charge on any atom is -0.464 e. The number of unbranched alkanes of at least 4 members (excludes halogenated alkanes) is 1. The third-order valence-electron chi connectivity index (χ3n) is 3.58. The molecule has 0 bridgehead atoms. The molecule has 1 fully saturated rings. The van der Waals surface area contributed by atoms with Gasteiger partial charge in [-0.15, -0.1) is 0 Å². The maximum Gasteiger partial charge on any atom is 0.337 e. The maximum absolute atomic E-state index is 11.6. The Kier molecular flexibility index (Phi) is 10.4. The van der Waals surface area contributed by atoms with Crippen LogP contribution in [-0.2, 0) is 28.5 Å². The van der Waals surface area contributed by atoms with E-state index in [-0.39, 0.29) is 12.3 Å². The second kappa shape index (κ2) is 11.8. The minimum absolute atomic E-state index is 0.0109. The molecule has 0 spiro atoms. The summed E-state index contributed by atoms with van der Waals surface area (Å²) in [7, 11) is 0. The van der Waals surface area contributed by atoms with Crippen LogP contribution in [-0.4, -0.2) is 57.5 Å². The highest BCUT2D eigenvalue weighted by molar-refractivity contribution is 5.78. The van der Waals surface area contributed by atoms with Crippen molar-refractivity contribution < 1.29 is 28.5 Å². The highest BCUT2D eigenvalue weighted by atomic mass is 16.7. The van der Waals surface area contributed by atoms with Crippen LogP contribution in [0.2, 0.25) is 0 Å². The number of hydrogen-bond donors (Lipinski definition) is 0. The van der Waals surface area contributed by atoms with Gasteiger partial charge in [-0.2, -0.15) is 0 Å². The highest BCUT2D eigenvalue weighted by Crippen LogP contribution is 2.14. The van der Waals surface area contributed by atoms with Gasteiger partial charge in [0.1, 0.15) is 0 Å². The molecule has 1 aliphatic heterocycles. The first kappa shape index (κ1) is 20.4. The molecule has 0 aromatic rings. The SMILES string of the molecule is CCOC(=O)C(C)(C)OCCOCCCCOC1CCCCO1. The van der Waals surface area contributed by atoms with Crippen LogP contribution in [0.4, 0.5) is 0 Å². The lowest BCUT2D eigenvalue weighted by Gasteiger charge is -2.23. The van der Waals surface area contributed by atoms with Crippen LogP contribution in [0.3, 0.4) is 0 Å². The first-order valence-corrected chi connectivity index (χ1v) is 8.68. The Bertz CT molecular complexity index is 312. The summed E-state index contributed by atoms with van der Waals surface area (Å²) in [5.74, 6) is -0.345. The van der Waals surface area contributed by atoms with Gasteiger partial charge >= 0.3 is 5.97 Å². The number of ether oxygens (including phenoxy) is 5. The molecule has 0 aromatic carbocycles. The Hall–Kier alpha value is -0.690. The Morgan fingerprint density at radius 3 is 2.61 bits per heavy atom. The average molecular weight is 332 g/mol. The fourth-order valence-electron chi connectivity index (χ4n) is 2.19. The molecule has 6 heteroatoms. The summed E-state index contributed by atoms with van der Waals surface area (Å²) in [6.07, 6.45) is 5.22. The van der Waals surface area contributed by atoms with Crippen molar-refractivity contribution in [2.24, 2.45) is 0 Å². The highest BCUT2D eigenvalue weighted by Gasteiger charge is 2.29. The zero-order valence-corrected chi connectivity index (χ0v) is 14.8. The molecule has 1 unspecified atom stereocenters. The second-order valence-electron chi connectivity index (χ2n) is 6.07. The third kappa shape index (κ3) is 9.25. The van der Waals surface area contributed by atoms with Gasteiger partial charge in [0.25, 0.3) is 0 Å². The molecule has 0 N–H and O–H groups in total.